The van der Waals surface area contributed by atoms with E-state index in [4.69, 9.17) is 4.74 Å². The molecule has 1 atom stereocenters. The van der Waals surface area contributed by atoms with E-state index >= 15 is 0 Å². The Morgan fingerprint density at radius 2 is 1.80 bits per heavy atom. The van der Waals surface area contributed by atoms with Crippen molar-refractivity contribution in [3.05, 3.63) is 29.8 Å². The number of ether oxygens (including phenoxy) is 1. The van der Waals surface area contributed by atoms with Crippen molar-refractivity contribution in [2.45, 2.75) is 20.0 Å². The molecule has 0 saturated carbocycles. The molecule has 0 aliphatic heterocycles. The van der Waals surface area contributed by atoms with E-state index < -0.39 is 6.10 Å². The number of hydrogen-bond acceptors (Lipinski definition) is 2. The molecule has 0 N–H and O–H groups in total. The second-order valence-electron chi connectivity index (χ2n) is 3.81. The summed E-state index contributed by atoms with van der Waals surface area (Å²) < 4.78 is 5.50. The zero-order valence-corrected chi connectivity index (χ0v) is 9.65. The Morgan fingerprint density at radius 1 is 1.27 bits per heavy atom. The highest BCUT2D eigenvalue weighted by atomic mass is 16.5. The fourth-order valence-corrected chi connectivity index (χ4v) is 1.23. The molecule has 0 aliphatic carbocycles. The summed E-state index contributed by atoms with van der Waals surface area (Å²) in [6, 6.07) is 7.66. The van der Waals surface area contributed by atoms with E-state index in [1.165, 1.54) is 10.5 Å². The third-order valence-corrected chi connectivity index (χ3v) is 2.12. The van der Waals surface area contributed by atoms with Crippen molar-refractivity contribution < 1.29 is 9.53 Å². The number of amides is 1. The average Bonchev–Trinajstić information content (AvgIpc) is 2.20. The lowest BCUT2D eigenvalue weighted by Gasteiger charge is -2.18. The van der Waals surface area contributed by atoms with E-state index in [0.29, 0.717) is 0 Å². The predicted molar refractivity (Wildman–Crippen MR) is 60.0 cm³/mol. The van der Waals surface area contributed by atoms with E-state index in [2.05, 4.69) is 0 Å². The highest BCUT2D eigenvalue weighted by Crippen LogP contribution is 2.13. The van der Waals surface area contributed by atoms with E-state index in [1.807, 2.05) is 31.2 Å². The number of nitrogens with zero attached hydrogens (tertiary/aromatic N) is 1. The number of carbonyl (C=O) groups excluding carboxylic acids is 1. The Labute approximate surface area is 90.7 Å². The maximum atomic E-state index is 11.5. The number of hydrogen-bond donors (Lipinski definition) is 0. The van der Waals surface area contributed by atoms with Crippen LogP contribution in [0.5, 0.6) is 5.75 Å². The smallest absolute Gasteiger partial charge is 0.262 e. The monoisotopic (exact) mass is 207 g/mol. The van der Waals surface area contributed by atoms with Gasteiger partial charge >= 0.3 is 0 Å². The third-order valence-electron chi connectivity index (χ3n) is 2.12. The minimum atomic E-state index is -0.442. The number of benzene rings is 1. The first-order valence-electron chi connectivity index (χ1n) is 4.95. The number of rotatable bonds is 3. The third kappa shape index (κ3) is 3.27. The van der Waals surface area contributed by atoms with Crippen molar-refractivity contribution in [3.63, 3.8) is 0 Å². The molecule has 15 heavy (non-hydrogen) atoms. The van der Waals surface area contributed by atoms with E-state index in [-0.39, 0.29) is 5.91 Å². The lowest BCUT2D eigenvalue weighted by Crippen LogP contribution is -2.35. The zero-order chi connectivity index (χ0) is 11.4. The van der Waals surface area contributed by atoms with Gasteiger partial charge in [0.1, 0.15) is 5.75 Å². The number of likely N-dealkylation sites (N-methyl/N-ethyl adjacent to an activating group) is 1. The lowest BCUT2D eigenvalue weighted by atomic mass is 10.2. The molecule has 0 spiro atoms. The predicted octanol–water partition coefficient (Wildman–Crippen LogP) is 1.85. The van der Waals surface area contributed by atoms with Gasteiger partial charge in [-0.3, -0.25) is 4.79 Å². The summed E-state index contributed by atoms with van der Waals surface area (Å²) in [7, 11) is 3.44. The molecule has 1 aromatic carbocycles. The summed E-state index contributed by atoms with van der Waals surface area (Å²) in [5.74, 6) is 0.693. The standard InChI is InChI=1S/C12H17NO2/c1-9-5-7-11(8-6-9)15-10(2)12(14)13(3)4/h5-8,10H,1-4H3/t10-/m1/s1. The molecule has 0 radical (unpaired) electrons. The summed E-state index contributed by atoms with van der Waals surface area (Å²) >= 11 is 0. The van der Waals surface area contributed by atoms with Gasteiger partial charge in [-0.1, -0.05) is 17.7 Å². The van der Waals surface area contributed by atoms with Crippen LogP contribution < -0.4 is 4.74 Å². The minimum Gasteiger partial charge on any atom is -0.481 e. The largest absolute Gasteiger partial charge is 0.481 e. The van der Waals surface area contributed by atoms with Gasteiger partial charge in [0.2, 0.25) is 0 Å². The number of aryl methyl sites for hydroxylation is 1. The van der Waals surface area contributed by atoms with E-state index in [9.17, 15) is 4.79 Å². The minimum absolute atomic E-state index is 0.0319. The van der Waals surface area contributed by atoms with Gasteiger partial charge in [0.05, 0.1) is 0 Å². The summed E-state index contributed by atoms with van der Waals surface area (Å²) in [6.07, 6.45) is -0.442. The van der Waals surface area contributed by atoms with E-state index in [0.717, 1.165) is 5.75 Å². The Bertz CT molecular complexity index is 330. The lowest BCUT2D eigenvalue weighted by molar-refractivity contribution is -0.135. The van der Waals surface area contributed by atoms with Crippen molar-refractivity contribution >= 4 is 5.91 Å². The molecule has 0 fully saturated rings. The maximum Gasteiger partial charge on any atom is 0.262 e. The molecule has 82 valence electrons. The topological polar surface area (TPSA) is 29.5 Å². The van der Waals surface area contributed by atoms with Crippen molar-refractivity contribution in [2.75, 3.05) is 14.1 Å². The maximum absolute atomic E-state index is 11.5. The highest BCUT2D eigenvalue weighted by molar-refractivity contribution is 5.80. The van der Waals surface area contributed by atoms with Crippen LogP contribution in [0.4, 0.5) is 0 Å². The summed E-state index contributed by atoms with van der Waals surface area (Å²) in [5.41, 5.74) is 1.17. The fourth-order valence-electron chi connectivity index (χ4n) is 1.23. The highest BCUT2D eigenvalue weighted by Gasteiger charge is 2.15. The Hall–Kier alpha value is -1.51. The summed E-state index contributed by atoms with van der Waals surface area (Å²) in [5, 5.41) is 0. The van der Waals surface area contributed by atoms with Crippen LogP contribution in [-0.4, -0.2) is 31.0 Å². The van der Waals surface area contributed by atoms with Crippen LogP contribution in [0.25, 0.3) is 0 Å². The molecule has 1 aromatic rings. The van der Waals surface area contributed by atoms with Crippen LogP contribution in [0.15, 0.2) is 24.3 Å². The Balaban J connectivity index is 2.62. The van der Waals surface area contributed by atoms with E-state index in [1.54, 1.807) is 21.0 Å². The van der Waals surface area contributed by atoms with Gasteiger partial charge in [-0.05, 0) is 26.0 Å². The molecule has 0 bridgehead atoms. The van der Waals surface area contributed by atoms with Crippen molar-refractivity contribution in [2.24, 2.45) is 0 Å². The summed E-state index contributed by atoms with van der Waals surface area (Å²) in [4.78, 5) is 13.0. The van der Waals surface area contributed by atoms with Crippen LogP contribution in [0.3, 0.4) is 0 Å². The molecular weight excluding hydrogens is 190 g/mol. The second-order valence-corrected chi connectivity index (χ2v) is 3.81. The first kappa shape index (κ1) is 11.6. The molecule has 0 saturated heterocycles. The summed E-state index contributed by atoms with van der Waals surface area (Å²) in [6.45, 7) is 3.76. The Kier molecular flexibility index (Phi) is 3.72. The first-order valence-corrected chi connectivity index (χ1v) is 4.95. The Morgan fingerprint density at radius 3 is 2.27 bits per heavy atom. The molecule has 1 amide bonds. The number of carbonyl (C=O) groups is 1. The molecule has 0 aromatic heterocycles. The fraction of sp³-hybridized carbons (Fsp3) is 0.417. The average molecular weight is 207 g/mol. The molecule has 1 rings (SSSR count). The van der Waals surface area contributed by atoms with Crippen molar-refractivity contribution in [3.8, 4) is 5.75 Å². The molecule has 0 aliphatic rings. The van der Waals surface area contributed by atoms with Crippen LogP contribution in [0.2, 0.25) is 0 Å². The normalized spacial score (nSPS) is 12.0. The quantitative estimate of drug-likeness (QED) is 0.757. The van der Waals surface area contributed by atoms with Crippen LogP contribution in [-0.2, 0) is 4.79 Å². The van der Waals surface area contributed by atoms with Crippen LogP contribution >= 0.6 is 0 Å². The van der Waals surface area contributed by atoms with Gasteiger partial charge < -0.3 is 9.64 Å². The molecule has 3 nitrogen and oxygen atoms in total. The molecule has 0 unspecified atom stereocenters. The van der Waals surface area contributed by atoms with Crippen molar-refractivity contribution in [1.29, 1.82) is 0 Å². The van der Waals surface area contributed by atoms with Gasteiger partial charge in [-0.2, -0.15) is 0 Å². The molecule has 0 heterocycles. The van der Waals surface area contributed by atoms with Gasteiger partial charge in [-0.15, -0.1) is 0 Å². The molecule has 3 heteroatoms. The van der Waals surface area contributed by atoms with Gasteiger partial charge in [0.25, 0.3) is 5.91 Å². The van der Waals surface area contributed by atoms with Crippen LogP contribution in [0.1, 0.15) is 12.5 Å². The second kappa shape index (κ2) is 4.82. The van der Waals surface area contributed by atoms with Gasteiger partial charge in [0, 0.05) is 14.1 Å². The zero-order valence-electron chi connectivity index (χ0n) is 9.65. The SMILES string of the molecule is Cc1ccc(O[C@H](C)C(=O)N(C)C)cc1. The first-order chi connectivity index (χ1) is 7.00. The molecular formula is C12H17NO2. The van der Waals surface area contributed by atoms with Gasteiger partial charge in [0.15, 0.2) is 6.10 Å². The van der Waals surface area contributed by atoms with Crippen LogP contribution in [0, 0.1) is 6.92 Å². The van der Waals surface area contributed by atoms with Gasteiger partial charge in [-0.25, -0.2) is 0 Å². The van der Waals surface area contributed by atoms with Crippen molar-refractivity contribution in [1.82, 2.24) is 4.90 Å².